The number of carbonyl (C=O) groups is 2. The van der Waals surface area contributed by atoms with Crippen LogP contribution in [0.5, 0.6) is 0 Å². The average Bonchev–Trinajstić information content (AvgIpc) is 3.27. The number of aromatic nitrogens is 3. The largest absolute Gasteiger partial charge is 0.442 e. The molecule has 3 aromatic heterocycles. The van der Waals surface area contributed by atoms with Gasteiger partial charge in [0.25, 0.3) is 0 Å². The summed E-state index contributed by atoms with van der Waals surface area (Å²) < 4.78 is 21.1. The SMILES string of the molecule is CC(=O)OC(C)n1cc(-c2ccnc(F)c2)c2cc(-c3cccc(N(C)C(=O)C=CCN(C)C)c3)cnc21. The molecule has 8 nitrogen and oxygen atoms in total. The average molecular weight is 516 g/mol. The van der Waals surface area contributed by atoms with Crippen molar-refractivity contribution >= 4 is 28.6 Å². The molecule has 1 amide bonds. The summed E-state index contributed by atoms with van der Waals surface area (Å²) in [5.41, 5.74) is 4.35. The highest BCUT2D eigenvalue weighted by molar-refractivity contribution is 6.01. The molecule has 1 aromatic carbocycles. The summed E-state index contributed by atoms with van der Waals surface area (Å²) in [6.45, 7) is 3.76. The summed E-state index contributed by atoms with van der Waals surface area (Å²) in [6.07, 6.45) is 7.71. The molecule has 0 fully saturated rings. The van der Waals surface area contributed by atoms with Gasteiger partial charge in [0, 0.05) is 73.4 Å². The van der Waals surface area contributed by atoms with Gasteiger partial charge in [-0.1, -0.05) is 18.2 Å². The van der Waals surface area contributed by atoms with Crippen LogP contribution in [0, 0.1) is 5.95 Å². The van der Waals surface area contributed by atoms with Gasteiger partial charge in [-0.2, -0.15) is 4.39 Å². The lowest BCUT2D eigenvalue weighted by molar-refractivity contribution is -0.149. The second-order valence-electron chi connectivity index (χ2n) is 9.23. The van der Waals surface area contributed by atoms with Crippen molar-refractivity contribution in [3.63, 3.8) is 0 Å². The quantitative estimate of drug-likeness (QED) is 0.185. The van der Waals surface area contributed by atoms with Gasteiger partial charge >= 0.3 is 5.97 Å². The fourth-order valence-electron chi connectivity index (χ4n) is 4.16. The van der Waals surface area contributed by atoms with Gasteiger partial charge in [-0.15, -0.1) is 0 Å². The Labute approximate surface area is 221 Å². The first-order valence-electron chi connectivity index (χ1n) is 12.1. The molecular weight excluding hydrogens is 485 g/mol. The fraction of sp³-hybridized carbons (Fsp3) is 0.241. The van der Waals surface area contributed by atoms with Crippen LogP contribution in [0.4, 0.5) is 10.1 Å². The third-order valence-corrected chi connectivity index (χ3v) is 6.06. The van der Waals surface area contributed by atoms with Gasteiger partial charge in [0.05, 0.1) is 0 Å². The van der Waals surface area contributed by atoms with E-state index < -0.39 is 18.1 Å². The Balaban J connectivity index is 1.76. The van der Waals surface area contributed by atoms with Crippen LogP contribution in [0.1, 0.15) is 20.1 Å². The zero-order chi connectivity index (χ0) is 27.4. The number of hydrogen-bond acceptors (Lipinski definition) is 6. The van der Waals surface area contributed by atoms with Gasteiger partial charge in [0.15, 0.2) is 6.23 Å². The highest BCUT2D eigenvalue weighted by atomic mass is 19.1. The van der Waals surface area contributed by atoms with Gasteiger partial charge in [-0.3, -0.25) is 14.2 Å². The van der Waals surface area contributed by atoms with Gasteiger partial charge < -0.3 is 14.5 Å². The lowest BCUT2D eigenvalue weighted by Crippen LogP contribution is -2.24. The van der Waals surface area contributed by atoms with Crippen LogP contribution in [-0.4, -0.2) is 59.0 Å². The van der Waals surface area contributed by atoms with Crippen molar-refractivity contribution in [3.8, 4) is 22.3 Å². The van der Waals surface area contributed by atoms with Crippen LogP contribution in [0.25, 0.3) is 33.3 Å². The maximum Gasteiger partial charge on any atom is 0.304 e. The minimum Gasteiger partial charge on any atom is -0.442 e. The first-order chi connectivity index (χ1) is 18.1. The number of amides is 1. The Kier molecular flexibility index (Phi) is 7.97. The number of halogens is 1. The number of pyridine rings is 2. The van der Waals surface area contributed by atoms with Crippen LogP contribution in [-0.2, 0) is 14.3 Å². The number of anilines is 1. The molecule has 1 atom stereocenters. The molecule has 0 bridgehead atoms. The number of carbonyl (C=O) groups excluding carboxylic acids is 2. The maximum atomic E-state index is 14.0. The van der Waals surface area contributed by atoms with Gasteiger partial charge in [-0.25, -0.2) is 9.97 Å². The molecule has 196 valence electrons. The summed E-state index contributed by atoms with van der Waals surface area (Å²) in [5.74, 6) is -1.14. The number of rotatable bonds is 8. The predicted octanol–water partition coefficient (Wildman–Crippen LogP) is 5.07. The van der Waals surface area contributed by atoms with Crippen molar-refractivity contribution in [1.29, 1.82) is 0 Å². The minimum atomic E-state index is -0.614. The molecule has 4 rings (SSSR count). The lowest BCUT2D eigenvalue weighted by Gasteiger charge is -2.17. The van der Waals surface area contributed by atoms with Crippen LogP contribution in [0.15, 0.2) is 73.2 Å². The Morgan fingerprint density at radius 2 is 1.87 bits per heavy atom. The van der Waals surface area contributed by atoms with Crippen molar-refractivity contribution in [2.75, 3.05) is 32.6 Å². The molecule has 9 heteroatoms. The summed E-state index contributed by atoms with van der Waals surface area (Å²) in [4.78, 5) is 36.2. The van der Waals surface area contributed by atoms with Gasteiger partial charge in [-0.05, 0) is 56.4 Å². The van der Waals surface area contributed by atoms with E-state index in [-0.39, 0.29) is 5.91 Å². The number of likely N-dealkylation sites (N-methyl/N-ethyl adjacent to an activating group) is 2. The van der Waals surface area contributed by atoms with E-state index in [9.17, 15) is 14.0 Å². The summed E-state index contributed by atoms with van der Waals surface area (Å²) in [7, 11) is 5.61. The normalized spacial score (nSPS) is 12.3. The lowest BCUT2D eigenvalue weighted by atomic mass is 10.0. The standard InChI is InChI=1S/C29H30FN5O3/c1-19(38-20(2)36)35-18-26(22-11-12-31-27(30)16-22)25-15-23(17-32-29(25)35)21-8-6-9-24(14-21)34(5)28(37)10-7-13-33(3)4/h6-12,14-19H,13H2,1-5H3. The number of esters is 1. The number of ether oxygens (including phenoxy) is 1. The molecule has 0 spiro atoms. The zero-order valence-electron chi connectivity index (χ0n) is 22.1. The zero-order valence-corrected chi connectivity index (χ0v) is 22.1. The highest BCUT2D eigenvalue weighted by Gasteiger charge is 2.19. The topological polar surface area (TPSA) is 80.6 Å². The molecule has 0 aliphatic heterocycles. The van der Waals surface area contributed by atoms with E-state index >= 15 is 0 Å². The molecule has 38 heavy (non-hydrogen) atoms. The minimum absolute atomic E-state index is 0.129. The highest BCUT2D eigenvalue weighted by Crippen LogP contribution is 2.35. The summed E-state index contributed by atoms with van der Waals surface area (Å²) >= 11 is 0. The van der Waals surface area contributed by atoms with Gasteiger partial charge in [0.2, 0.25) is 11.9 Å². The fourth-order valence-corrected chi connectivity index (χ4v) is 4.16. The first kappa shape index (κ1) is 26.7. The van der Waals surface area contributed by atoms with E-state index in [0.29, 0.717) is 17.8 Å². The van der Waals surface area contributed by atoms with Gasteiger partial charge in [0.1, 0.15) is 5.65 Å². The molecule has 0 radical (unpaired) electrons. The molecular formula is C29H30FN5O3. The molecule has 0 saturated heterocycles. The smallest absolute Gasteiger partial charge is 0.304 e. The van der Waals surface area contributed by atoms with E-state index in [2.05, 4.69) is 9.97 Å². The Morgan fingerprint density at radius 3 is 2.58 bits per heavy atom. The third-order valence-electron chi connectivity index (χ3n) is 6.06. The molecule has 0 saturated carbocycles. The van der Waals surface area contributed by atoms with E-state index in [1.807, 2.05) is 55.4 Å². The van der Waals surface area contributed by atoms with Crippen molar-refractivity contribution < 1.29 is 18.7 Å². The molecule has 1 unspecified atom stereocenters. The van der Waals surface area contributed by atoms with Crippen LogP contribution in [0.2, 0.25) is 0 Å². The van der Waals surface area contributed by atoms with Crippen LogP contribution in [0.3, 0.4) is 0 Å². The first-order valence-corrected chi connectivity index (χ1v) is 12.1. The monoisotopic (exact) mass is 515 g/mol. The summed E-state index contributed by atoms with van der Waals surface area (Å²) in [5, 5.41) is 0.758. The second kappa shape index (κ2) is 11.4. The number of fused-ring (bicyclic) bond motifs is 1. The van der Waals surface area contributed by atoms with E-state index in [0.717, 1.165) is 27.8 Å². The van der Waals surface area contributed by atoms with Crippen LogP contribution < -0.4 is 4.90 Å². The van der Waals surface area contributed by atoms with Crippen molar-refractivity contribution in [2.24, 2.45) is 0 Å². The molecule has 0 aliphatic carbocycles. The maximum absolute atomic E-state index is 14.0. The predicted molar refractivity (Wildman–Crippen MR) is 146 cm³/mol. The Bertz CT molecular complexity index is 1510. The molecule has 4 aromatic rings. The second-order valence-corrected chi connectivity index (χ2v) is 9.23. The van der Waals surface area contributed by atoms with E-state index in [1.54, 1.807) is 48.0 Å². The number of benzene rings is 1. The summed E-state index contributed by atoms with van der Waals surface area (Å²) in [6, 6.07) is 12.7. The molecule has 3 heterocycles. The molecule has 0 N–H and O–H groups in total. The van der Waals surface area contributed by atoms with Crippen molar-refractivity contribution in [3.05, 3.63) is 79.2 Å². The van der Waals surface area contributed by atoms with E-state index in [1.165, 1.54) is 19.2 Å². The molecule has 0 aliphatic rings. The number of hydrogen-bond donors (Lipinski definition) is 0. The van der Waals surface area contributed by atoms with Crippen molar-refractivity contribution in [1.82, 2.24) is 19.4 Å². The van der Waals surface area contributed by atoms with Crippen LogP contribution >= 0.6 is 0 Å². The number of nitrogens with zero attached hydrogens (tertiary/aromatic N) is 5. The third kappa shape index (κ3) is 5.95. The Morgan fingerprint density at radius 1 is 1.08 bits per heavy atom. The van der Waals surface area contributed by atoms with Crippen molar-refractivity contribution in [2.45, 2.75) is 20.1 Å². The Hall–Kier alpha value is -4.37. The van der Waals surface area contributed by atoms with E-state index in [4.69, 9.17) is 4.74 Å².